The average Bonchev–Trinajstić information content (AvgIpc) is 3.66. The minimum atomic E-state index is 0.869. The van der Waals surface area contributed by atoms with Crippen LogP contribution in [-0.2, 0) is 0 Å². The van der Waals surface area contributed by atoms with Crippen LogP contribution in [-0.4, -0.2) is 23.5 Å². The molecule has 5 heteroatoms. The average molecular weight is 476 g/mol. The third-order valence-electron chi connectivity index (χ3n) is 7.22. The summed E-state index contributed by atoms with van der Waals surface area (Å²) in [5, 5.41) is 3.62. The molecule has 5 nitrogen and oxygen atoms in total. The topological polar surface area (TPSA) is 40.0 Å². The van der Waals surface area contributed by atoms with Crippen molar-refractivity contribution >= 4 is 38.2 Å². The second kappa shape index (κ2) is 7.67. The number of fused-ring (bicyclic) bond motifs is 6. The van der Waals surface area contributed by atoms with Gasteiger partial charge in [-0.2, -0.15) is 0 Å². The van der Waals surface area contributed by atoms with Crippen LogP contribution in [0.4, 0.5) is 0 Å². The van der Waals surface area contributed by atoms with Crippen LogP contribution in [0.15, 0.2) is 128 Å². The molecule has 8 rings (SSSR count). The Hall–Kier alpha value is -5.16. The molecule has 37 heavy (non-hydrogen) atoms. The van der Waals surface area contributed by atoms with Gasteiger partial charge in [0.1, 0.15) is 0 Å². The van der Waals surface area contributed by atoms with E-state index in [1.165, 1.54) is 16.2 Å². The van der Waals surface area contributed by atoms with Gasteiger partial charge in [-0.25, -0.2) is 4.98 Å². The Morgan fingerprint density at radius 1 is 0.541 bits per heavy atom. The summed E-state index contributed by atoms with van der Waals surface area (Å²) in [7, 11) is 0. The van der Waals surface area contributed by atoms with Gasteiger partial charge in [-0.05, 0) is 54.6 Å². The van der Waals surface area contributed by atoms with Crippen LogP contribution in [0.25, 0.3) is 61.1 Å². The Morgan fingerprint density at radius 2 is 1.32 bits per heavy atom. The van der Waals surface area contributed by atoms with Gasteiger partial charge in [-0.15, -0.1) is 0 Å². The molecular weight excluding hydrogens is 454 g/mol. The van der Waals surface area contributed by atoms with E-state index in [0.717, 1.165) is 45.0 Å². The van der Waals surface area contributed by atoms with Crippen molar-refractivity contribution < 1.29 is 0 Å². The molecule has 0 spiro atoms. The Morgan fingerprint density at radius 3 is 2.22 bits per heavy atom. The van der Waals surface area contributed by atoms with Crippen molar-refractivity contribution in [2.45, 2.75) is 0 Å². The van der Waals surface area contributed by atoms with E-state index in [1.54, 1.807) is 0 Å². The van der Waals surface area contributed by atoms with Crippen LogP contribution in [0, 0.1) is 0 Å². The number of hydrogen-bond acceptors (Lipinski definition) is 2. The molecule has 0 aliphatic heterocycles. The monoisotopic (exact) mass is 475 g/mol. The standard InChI is InChI=1S/C32H21N5/c1-2-8-23(9-3-1)35-21-17-26-27(35)14-13-25-24-10-4-5-11-28(24)37(31(25)26)32-34-30(22-15-18-33-19-16-22)29-12-6-7-20-36(29)32/h1-21H. The number of pyridine rings is 2. The molecule has 0 aliphatic rings. The third-order valence-corrected chi connectivity index (χ3v) is 7.22. The van der Waals surface area contributed by atoms with Crippen LogP contribution in [0.3, 0.4) is 0 Å². The highest BCUT2D eigenvalue weighted by Crippen LogP contribution is 2.38. The van der Waals surface area contributed by atoms with Gasteiger partial charge in [-0.1, -0.05) is 48.5 Å². The molecule has 0 unspecified atom stereocenters. The van der Waals surface area contributed by atoms with Gasteiger partial charge in [0, 0.05) is 52.2 Å². The van der Waals surface area contributed by atoms with Crippen molar-refractivity contribution in [3.8, 4) is 22.9 Å². The fourth-order valence-electron chi connectivity index (χ4n) is 5.60. The zero-order chi connectivity index (χ0) is 24.3. The molecule has 3 aromatic carbocycles. The maximum Gasteiger partial charge on any atom is 0.220 e. The van der Waals surface area contributed by atoms with Crippen LogP contribution in [0.2, 0.25) is 0 Å². The third kappa shape index (κ3) is 2.85. The predicted octanol–water partition coefficient (Wildman–Crippen LogP) is 7.44. The van der Waals surface area contributed by atoms with Crippen LogP contribution >= 0.6 is 0 Å². The molecule has 0 atom stereocenters. The van der Waals surface area contributed by atoms with E-state index in [9.17, 15) is 0 Å². The van der Waals surface area contributed by atoms with Crippen molar-refractivity contribution in [1.82, 2.24) is 23.5 Å². The van der Waals surface area contributed by atoms with E-state index < -0.39 is 0 Å². The van der Waals surface area contributed by atoms with Crippen molar-refractivity contribution in [2.24, 2.45) is 0 Å². The number of hydrogen-bond donors (Lipinski definition) is 0. The molecule has 0 saturated carbocycles. The first-order valence-corrected chi connectivity index (χ1v) is 12.3. The van der Waals surface area contributed by atoms with Crippen LogP contribution in [0.5, 0.6) is 0 Å². The lowest BCUT2D eigenvalue weighted by atomic mass is 10.1. The maximum absolute atomic E-state index is 5.27. The fraction of sp³-hybridized carbons (Fsp3) is 0. The molecule has 8 aromatic rings. The Bertz CT molecular complexity index is 2080. The Balaban J connectivity index is 1.52. The summed E-state index contributed by atoms with van der Waals surface area (Å²) in [5.74, 6) is 0.869. The number of imidazole rings is 1. The van der Waals surface area contributed by atoms with Gasteiger partial charge in [0.25, 0.3) is 0 Å². The van der Waals surface area contributed by atoms with E-state index in [2.05, 4.69) is 122 Å². The van der Waals surface area contributed by atoms with Crippen LogP contribution < -0.4 is 0 Å². The molecule has 0 aliphatic carbocycles. The largest absolute Gasteiger partial charge is 0.316 e. The van der Waals surface area contributed by atoms with E-state index in [4.69, 9.17) is 4.98 Å². The number of aromatic nitrogens is 5. The van der Waals surface area contributed by atoms with Gasteiger partial charge >= 0.3 is 0 Å². The summed E-state index contributed by atoms with van der Waals surface area (Å²) in [6.07, 6.45) is 7.89. The highest BCUT2D eigenvalue weighted by atomic mass is 15.2. The Labute approximate surface area is 212 Å². The summed E-state index contributed by atoms with van der Waals surface area (Å²) in [6, 6.07) is 36.1. The molecule has 0 fully saturated rings. The highest BCUT2D eigenvalue weighted by molar-refractivity contribution is 6.18. The molecule has 0 radical (unpaired) electrons. The van der Waals surface area contributed by atoms with Crippen molar-refractivity contribution in [1.29, 1.82) is 0 Å². The zero-order valence-corrected chi connectivity index (χ0v) is 19.9. The van der Waals surface area contributed by atoms with Gasteiger partial charge in [0.2, 0.25) is 5.95 Å². The zero-order valence-electron chi connectivity index (χ0n) is 19.9. The van der Waals surface area contributed by atoms with E-state index in [-0.39, 0.29) is 0 Å². The minimum absolute atomic E-state index is 0.869. The van der Waals surface area contributed by atoms with Crippen LogP contribution in [0.1, 0.15) is 0 Å². The molecule has 0 saturated heterocycles. The van der Waals surface area contributed by atoms with Crippen molar-refractivity contribution in [3.05, 3.63) is 128 Å². The molecule has 5 heterocycles. The lowest BCUT2D eigenvalue weighted by molar-refractivity contribution is 0.985. The van der Waals surface area contributed by atoms with E-state index >= 15 is 0 Å². The number of rotatable bonds is 3. The minimum Gasteiger partial charge on any atom is -0.316 e. The second-order valence-electron chi connectivity index (χ2n) is 9.22. The number of nitrogens with zero attached hydrogens (tertiary/aromatic N) is 5. The smallest absolute Gasteiger partial charge is 0.220 e. The Kier molecular flexibility index (Phi) is 4.16. The molecule has 0 amide bonds. The summed E-state index contributed by atoms with van der Waals surface area (Å²) < 4.78 is 6.76. The summed E-state index contributed by atoms with van der Waals surface area (Å²) in [6.45, 7) is 0. The summed E-state index contributed by atoms with van der Waals surface area (Å²) >= 11 is 0. The molecule has 5 aromatic heterocycles. The first-order chi connectivity index (χ1) is 18.4. The van der Waals surface area contributed by atoms with Gasteiger partial charge in [0.05, 0.1) is 27.8 Å². The normalized spacial score (nSPS) is 11.8. The highest BCUT2D eigenvalue weighted by Gasteiger charge is 2.21. The van der Waals surface area contributed by atoms with Crippen molar-refractivity contribution in [2.75, 3.05) is 0 Å². The molecule has 0 N–H and O–H groups in total. The summed E-state index contributed by atoms with van der Waals surface area (Å²) in [4.78, 5) is 9.47. The molecular formula is C32H21N5. The maximum atomic E-state index is 5.27. The lowest BCUT2D eigenvalue weighted by Gasteiger charge is -2.09. The fourth-order valence-corrected chi connectivity index (χ4v) is 5.60. The van der Waals surface area contributed by atoms with Gasteiger partial charge in [-0.3, -0.25) is 14.0 Å². The quantitative estimate of drug-likeness (QED) is 0.266. The molecule has 174 valence electrons. The van der Waals surface area contributed by atoms with Gasteiger partial charge < -0.3 is 4.57 Å². The summed E-state index contributed by atoms with van der Waals surface area (Å²) in [5.41, 5.74) is 7.65. The number of para-hydroxylation sites is 2. The molecule has 0 bridgehead atoms. The SMILES string of the molecule is c1ccc(-n2ccc3c2ccc2c4ccccc4n(-c4nc(-c5ccncc5)c5ccccn45)c23)cc1. The lowest BCUT2D eigenvalue weighted by Crippen LogP contribution is -2.01. The predicted molar refractivity (Wildman–Crippen MR) is 150 cm³/mol. The van der Waals surface area contributed by atoms with E-state index in [0.29, 0.717) is 0 Å². The second-order valence-corrected chi connectivity index (χ2v) is 9.22. The first-order valence-electron chi connectivity index (χ1n) is 12.3. The first kappa shape index (κ1) is 20.1. The van der Waals surface area contributed by atoms with E-state index in [1.807, 2.05) is 24.5 Å². The number of benzene rings is 3. The van der Waals surface area contributed by atoms with Crippen molar-refractivity contribution in [3.63, 3.8) is 0 Å². The van der Waals surface area contributed by atoms with Gasteiger partial charge in [0.15, 0.2) is 0 Å².